The van der Waals surface area contributed by atoms with Crippen LogP contribution in [0.3, 0.4) is 0 Å². The van der Waals surface area contributed by atoms with E-state index in [1.165, 1.54) is 33.0 Å². The molecule has 3 rings (SSSR count). The van der Waals surface area contributed by atoms with Crippen molar-refractivity contribution < 1.29 is 20.8 Å². The Morgan fingerprint density at radius 1 is 0.962 bits per heavy atom. The van der Waals surface area contributed by atoms with Crippen LogP contribution in [-0.2, 0) is 26.3 Å². The summed E-state index contributed by atoms with van der Waals surface area (Å²) in [5.74, 6) is 0. The Bertz CT molecular complexity index is 784. The van der Waals surface area contributed by atoms with Crippen LogP contribution < -0.4 is 0 Å². The summed E-state index contributed by atoms with van der Waals surface area (Å²) in [5, 5.41) is 2.69. The molecule has 0 aliphatic rings. The second kappa shape index (κ2) is 11.5. The molecule has 0 saturated heterocycles. The molecular formula is C22H27Cl2SiZr-. The standard InChI is InChI=1S/C20H21.C2H6Si.2ClH.Zr/c1-14-12-16-6-5-7-18(19(16)13-14)15-8-10-17(11-9-15)20(2,3)4;1-3-2;;;/h5-13H,1-4H3;1-2H3;2*1H;/q-1;;;;+2/p-2. The summed E-state index contributed by atoms with van der Waals surface area (Å²) < 4.78 is 0. The quantitative estimate of drug-likeness (QED) is 0.244. The van der Waals surface area contributed by atoms with Crippen LogP contribution in [0, 0.1) is 6.92 Å². The predicted octanol–water partition coefficient (Wildman–Crippen LogP) is 7.99. The maximum absolute atomic E-state index is 4.93. The second-order valence-electron chi connectivity index (χ2n) is 7.24. The van der Waals surface area contributed by atoms with Gasteiger partial charge in [-0.1, -0.05) is 76.7 Å². The monoisotopic (exact) mass is 479 g/mol. The Kier molecular flexibility index (Phi) is 10.6. The van der Waals surface area contributed by atoms with E-state index in [2.05, 4.69) is 95.4 Å². The third kappa shape index (κ3) is 7.04. The van der Waals surface area contributed by atoms with Crippen molar-refractivity contribution in [2.75, 3.05) is 0 Å². The summed E-state index contributed by atoms with van der Waals surface area (Å²) in [4.78, 5) is 0. The van der Waals surface area contributed by atoms with Gasteiger partial charge in [0.15, 0.2) is 0 Å². The first-order valence-electron chi connectivity index (χ1n) is 8.60. The average Bonchev–Trinajstić information content (AvgIpc) is 2.96. The van der Waals surface area contributed by atoms with Gasteiger partial charge in [0.25, 0.3) is 0 Å². The minimum atomic E-state index is -0.826. The number of hydrogen-bond donors (Lipinski definition) is 0. The first kappa shape index (κ1) is 23.8. The molecule has 0 amide bonds. The third-order valence-electron chi connectivity index (χ3n) is 3.96. The summed E-state index contributed by atoms with van der Waals surface area (Å²) in [5.41, 5.74) is 5.55. The van der Waals surface area contributed by atoms with E-state index in [9.17, 15) is 0 Å². The van der Waals surface area contributed by atoms with Crippen LogP contribution >= 0.6 is 17.0 Å². The Labute approximate surface area is 180 Å². The molecule has 0 atom stereocenters. The van der Waals surface area contributed by atoms with Gasteiger partial charge in [-0.15, -0.1) is 34.5 Å². The Balaban J connectivity index is 0.000000499. The first-order valence-corrected chi connectivity index (χ1v) is 16.9. The average molecular weight is 482 g/mol. The maximum atomic E-state index is 4.93. The fourth-order valence-corrected chi connectivity index (χ4v) is 2.79. The normalized spacial score (nSPS) is 10.5. The molecule has 3 aromatic carbocycles. The molecule has 2 radical (unpaired) electrons. The summed E-state index contributed by atoms with van der Waals surface area (Å²) >= 11 is -0.826. The van der Waals surface area contributed by atoms with Gasteiger partial charge >= 0.3 is 37.9 Å². The van der Waals surface area contributed by atoms with Crippen LogP contribution in [-0.4, -0.2) is 9.52 Å². The fraction of sp³-hybridized carbons (Fsp3) is 0.318. The van der Waals surface area contributed by atoms with E-state index in [4.69, 9.17) is 17.0 Å². The molecule has 3 aromatic rings. The Morgan fingerprint density at radius 2 is 1.50 bits per heavy atom. The molecule has 0 fully saturated rings. The van der Waals surface area contributed by atoms with Gasteiger partial charge in [-0.05, 0) is 16.5 Å². The summed E-state index contributed by atoms with van der Waals surface area (Å²) in [6.07, 6.45) is 0. The Hall–Kier alpha value is -0.270. The zero-order valence-electron chi connectivity index (χ0n) is 16.5. The predicted molar refractivity (Wildman–Crippen MR) is 118 cm³/mol. The van der Waals surface area contributed by atoms with Crippen LogP contribution in [0.2, 0.25) is 13.1 Å². The summed E-state index contributed by atoms with van der Waals surface area (Å²) in [6, 6.07) is 20.1. The molecule has 0 N–H and O–H groups in total. The molecule has 138 valence electrons. The zero-order chi connectivity index (χ0) is 19.7. The summed E-state index contributed by atoms with van der Waals surface area (Å²) in [6.45, 7) is 13.2. The van der Waals surface area contributed by atoms with Crippen LogP contribution in [0.4, 0.5) is 0 Å². The molecule has 0 unspecified atom stereocenters. The van der Waals surface area contributed by atoms with Gasteiger partial charge < -0.3 is 0 Å². The number of benzene rings is 2. The molecule has 0 bridgehead atoms. The molecule has 0 nitrogen and oxygen atoms in total. The van der Waals surface area contributed by atoms with E-state index < -0.39 is 20.8 Å². The van der Waals surface area contributed by atoms with Crippen LogP contribution in [0.15, 0.2) is 54.6 Å². The van der Waals surface area contributed by atoms with Gasteiger partial charge in [0.05, 0.1) is 0 Å². The van der Waals surface area contributed by atoms with Gasteiger partial charge in [-0.2, -0.15) is 6.07 Å². The summed E-state index contributed by atoms with van der Waals surface area (Å²) in [7, 11) is 11.0. The van der Waals surface area contributed by atoms with Crippen molar-refractivity contribution in [3.8, 4) is 11.1 Å². The number of halogens is 2. The van der Waals surface area contributed by atoms with Gasteiger partial charge in [-0.25, -0.2) is 0 Å². The number of aryl methyl sites for hydroxylation is 1. The molecule has 0 aliphatic heterocycles. The van der Waals surface area contributed by atoms with Gasteiger partial charge in [0, 0.05) is 9.52 Å². The first-order chi connectivity index (χ1) is 12.3. The molecule has 0 heterocycles. The number of rotatable bonds is 1. The van der Waals surface area contributed by atoms with Crippen molar-refractivity contribution in [3.63, 3.8) is 0 Å². The Morgan fingerprint density at radius 3 is 2.00 bits per heavy atom. The van der Waals surface area contributed by atoms with Crippen molar-refractivity contribution in [2.24, 2.45) is 0 Å². The van der Waals surface area contributed by atoms with Crippen LogP contribution in [0.1, 0.15) is 31.9 Å². The second-order valence-corrected chi connectivity index (χ2v) is 12.0. The SMILES string of the molecule is C[Si]C.Cc1cc2c(-c3ccc(C(C)(C)C)cc3)cccc2[cH-]1.[Cl][Zr][Cl]. The van der Waals surface area contributed by atoms with E-state index in [0.717, 1.165) is 9.52 Å². The molecule has 4 heteroatoms. The van der Waals surface area contributed by atoms with Gasteiger partial charge in [0.2, 0.25) is 0 Å². The van der Waals surface area contributed by atoms with Gasteiger partial charge in [0.1, 0.15) is 0 Å². The van der Waals surface area contributed by atoms with E-state index in [1.807, 2.05) is 0 Å². The molecule has 0 aliphatic carbocycles. The van der Waals surface area contributed by atoms with Gasteiger partial charge in [-0.3, -0.25) is 0 Å². The molecular weight excluding hydrogens is 454 g/mol. The zero-order valence-corrected chi connectivity index (χ0v) is 21.4. The van der Waals surface area contributed by atoms with Crippen molar-refractivity contribution in [1.82, 2.24) is 0 Å². The number of hydrogen-bond acceptors (Lipinski definition) is 0. The minimum absolute atomic E-state index is 0.210. The van der Waals surface area contributed by atoms with Crippen molar-refractivity contribution in [3.05, 3.63) is 65.7 Å². The van der Waals surface area contributed by atoms with Crippen molar-refractivity contribution >= 4 is 37.3 Å². The van der Waals surface area contributed by atoms with E-state index >= 15 is 0 Å². The third-order valence-corrected chi connectivity index (χ3v) is 3.96. The van der Waals surface area contributed by atoms with E-state index in [1.54, 1.807) is 0 Å². The molecule has 0 saturated carbocycles. The topological polar surface area (TPSA) is 0 Å². The fourth-order valence-electron chi connectivity index (χ4n) is 2.79. The molecule has 0 aromatic heterocycles. The van der Waals surface area contributed by atoms with Crippen molar-refractivity contribution in [2.45, 2.75) is 46.2 Å². The van der Waals surface area contributed by atoms with E-state index in [-0.39, 0.29) is 5.41 Å². The van der Waals surface area contributed by atoms with E-state index in [0.29, 0.717) is 0 Å². The van der Waals surface area contributed by atoms with Crippen LogP contribution in [0.5, 0.6) is 0 Å². The van der Waals surface area contributed by atoms with Crippen molar-refractivity contribution in [1.29, 1.82) is 0 Å². The number of fused-ring (bicyclic) bond motifs is 1. The van der Waals surface area contributed by atoms with Crippen LogP contribution in [0.25, 0.3) is 21.9 Å². The molecule has 0 spiro atoms. The molecule has 26 heavy (non-hydrogen) atoms.